The number of halogens is 1. The van der Waals surface area contributed by atoms with Crippen molar-refractivity contribution in [1.29, 1.82) is 0 Å². The SMILES string of the molecule is COC(=O)c1ccccc1CC[C@@H](O)c1cccc(C=Cc2ccc3ccc(Cl)cc3n2)c1. The van der Waals surface area contributed by atoms with Crippen molar-refractivity contribution in [2.24, 2.45) is 0 Å². The predicted molar refractivity (Wildman–Crippen MR) is 133 cm³/mol. The molecule has 0 spiro atoms. The van der Waals surface area contributed by atoms with Gasteiger partial charge in [-0.15, -0.1) is 0 Å². The van der Waals surface area contributed by atoms with Gasteiger partial charge in [-0.3, -0.25) is 0 Å². The molecule has 1 heterocycles. The van der Waals surface area contributed by atoms with E-state index >= 15 is 0 Å². The van der Waals surface area contributed by atoms with Crippen LogP contribution < -0.4 is 0 Å². The predicted octanol–water partition coefficient (Wildman–Crippen LogP) is 6.51. The Kier molecular flexibility index (Phi) is 7.18. The number of benzene rings is 3. The second kappa shape index (κ2) is 10.4. The summed E-state index contributed by atoms with van der Waals surface area (Å²) in [5.41, 5.74) is 4.87. The van der Waals surface area contributed by atoms with E-state index in [2.05, 4.69) is 4.98 Å². The van der Waals surface area contributed by atoms with Crippen LogP contribution in [0.4, 0.5) is 0 Å². The Morgan fingerprint density at radius 1 is 1.03 bits per heavy atom. The number of pyridine rings is 1. The number of nitrogens with zero attached hydrogens (tertiary/aromatic N) is 1. The molecule has 166 valence electrons. The van der Waals surface area contributed by atoms with E-state index in [0.717, 1.165) is 33.3 Å². The molecule has 4 aromatic rings. The highest BCUT2D eigenvalue weighted by Crippen LogP contribution is 2.23. The number of fused-ring (bicyclic) bond motifs is 1. The molecule has 33 heavy (non-hydrogen) atoms. The number of aryl methyl sites for hydroxylation is 1. The van der Waals surface area contributed by atoms with Gasteiger partial charge in [0.2, 0.25) is 0 Å². The summed E-state index contributed by atoms with van der Waals surface area (Å²) in [5, 5.41) is 12.5. The zero-order valence-electron chi connectivity index (χ0n) is 18.2. The van der Waals surface area contributed by atoms with Crippen molar-refractivity contribution < 1.29 is 14.6 Å². The lowest BCUT2D eigenvalue weighted by molar-refractivity contribution is 0.0599. The lowest BCUT2D eigenvalue weighted by Gasteiger charge is -2.13. The molecule has 1 aromatic heterocycles. The zero-order chi connectivity index (χ0) is 23.2. The number of aromatic nitrogens is 1. The largest absolute Gasteiger partial charge is 0.465 e. The third-order valence-electron chi connectivity index (χ3n) is 5.53. The Bertz CT molecular complexity index is 1320. The summed E-state index contributed by atoms with van der Waals surface area (Å²) in [6.07, 6.45) is 4.33. The maximum absolute atomic E-state index is 12.0. The molecule has 5 heteroatoms. The van der Waals surface area contributed by atoms with Crippen LogP contribution in [0.2, 0.25) is 5.02 Å². The Labute approximate surface area is 198 Å². The minimum atomic E-state index is -0.648. The Hall–Kier alpha value is -3.47. The number of carbonyl (C=O) groups excluding carboxylic acids is 1. The van der Waals surface area contributed by atoms with Gasteiger partial charge in [-0.1, -0.05) is 66.2 Å². The molecule has 0 aliphatic carbocycles. The van der Waals surface area contributed by atoms with Crippen molar-refractivity contribution in [1.82, 2.24) is 4.98 Å². The van der Waals surface area contributed by atoms with Crippen LogP contribution in [0.5, 0.6) is 0 Å². The molecule has 4 nitrogen and oxygen atoms in total. The summed E-state index contributed by atoms with van der Waals surface area (Å²) >= 11 is 6.08. The number of methoxy groups -OCH3 is 1. The van der Waals surface area contributed by atoms with Crippen LogP contribution in [0.1, 0.15) is 45.3 Å². The number of ether oxygens (including phenoxy) is 1. The van der Waals surface area contributed by atoms with Crippen molar-refractivity contribution in [2.45, 2.75) is 18.9 Å². The molecule has 0 amide bonds. The van der Waals surface area contributed by atoms with E-state index in [9.17, 15) is 9.90 Å². The summed E-state index contributed by atoms with van der Waals surface area (Å²) < 4.78 is 4.86. The van der Waals surface area contributed by atoms with Gasteiger partial charge in [0.25, 0.3) is 0 Å². The lowest BCUT2D eigenvalue weighted by Crippen LogP contribution is -2.07. The number of rotatable bonds is 7. The van der Waals surface area contributed by atoms with Gasteiger partial charge in [0.15, 0.2) is 0 Å². The van der Waals surface area contributed by atoms with E-state index in [4.69, 9.17) is 16.3 Å². The molecule has 0 saturated carbocycles. The average molecular weight is 458 g/mol. The first kappa shape index (κ1) is 22.7. The zero-order valence-corrected chi connectivity index (χ0v) is 19.0. The van der Waals surface area contributed by atoms with Crippen LogP contribution >= 0.6 is 11.6 Å². The number of aliphatic hydroxyl groups is 1. The standard InChI is InChI=1S/C28H24ClNO3/c1-33-28(32)25-8-3-2-6-20(25)12-16-27(31)22-7-4-5-19(17-22)9-14-24-15-11-21-10-13-23(29)18-26(21)30-24/h2-11,13-15,17-18,27,31H,12,16H2,1H3/t27-/m1/s1. The molecule has 1 N–H and O–H groups in total. The van der Waals surface area contributed by atoms with Crippen molar-refractivity contribution in [3.8, 4) is 0 Å². The minimum absolute atomic E-state index is 0.364. The fourth-order valence-electron chi connectivity index (χ4n) is 3.76. The van der Waals surface area contributed by atoms with Crippen LogP contribution in [0.25, 0.3) is 23.1 Å². The smallest absolute Gasteiger partial charge is 0.338 e. The molecule has 0 unspecified atom stereocenters. The van der Waals surface area contributed by atoms with E-state index < -0.39 is 6.10 Å². The normalized spacial score (nSPS) is 12.2. The summed E-state index contributed by atoms with van der Waals surface area (Å²) in [7, 11) is 1.37. The van der Waals surface area contributed by atoms with Crippen molar-refractivity contribution >= 4 is 40.6 Å². The van der Waals surface area contributed by atoms with Gasteiger partial charge >= 0.3 is 5.97 Å². The molecule has 4 rings (SSSR count). The van der Waals surface area contributed by atoms with Gasteiger partial charge in [-0.2, -0.15) is 0 Å². The molecule has 0 radical (unpaired) electrons. The fraction of sp³-hybridized carbons (Fsp3) is 0.143. The van der Waals surface area contributed by atoms with Gasteiger partial charge in [-0.05, 0) is 65.9 Å². The van der Waals surface area contributed by atoms with Gasteiger partial charge in [0.05, 0.1) is 30.0 Å². The van der Waals surface area contributed by atoms with Crippen LogP contribution in [-0.2, 0) is 11.2 Å². The molecule has 0 aliphatic rings. The summed E-state index contributed by atoms with van der Waals surface area (Å²) in [4.78, 5) is 16.6. The van der Waals surface area contributed by atoms with E-state index in [1.165, 1.54) is 7.11 Å². The maximum Gasteiger partial charge on any atom is 0.338 e. The van der Waals surface area contributed by atoms with E-state index in [1.54, 1.807) is 12.1 Å². The minimum Gasteiger partial charge on any atom is -0.465 e. The number of hydrogen-bond donors (Lipinski definition) is 1. The average Bonchev–Trinajstić information content (AvgIpc) is 2.85. The highest BCUT2D eigenvalue weighted by Gasteiger charge is 2.14. The first-order valence-electron chi connectivity index (χ1n) is 10.7. The van der Waals surface area contributed by atoms with E-state index in [1.807, 2.05) is 78.9 Å². The first-order chi connectivity index (χ1) is 16.0. The summed E-state index contributed by atoms with van der Waals surface area (Å²) in [5.74, 6) is -0.364. The quantitative estimate of drug-likeness (QED) is 0.321. The Morgan fingerprint density at radius 2 is 1.85 bits per heavy atom. The molecule has 1 atom stereocenters. The molecular weight excluding hydrogens is 434 g/mol. The van der Waals surface area contributed by atoms with Crippen LogP contribution in [0.3, 0.4) is 0 Å². The second-order valence-corrected chi connectivity index (χ2v) is 8.22. The lowest BCUT2D eigenvalue weighted by atomic mass is 9.97. The summed E-state index contributed by atoms with van der Waals surface area (Å²) in [6.45, 7) is 0. The molecular formula is C28H24ClNO3. The highest BCUT2D eigenvalue weighted by molar-refractivity contribution is 6.31. The van der Waals surface area contributed by atoms with Gasteiger partial charge in [0, 0.05) is 10.4 Å². The second-order valence-electron chi connectivity index (χ2n) is 7.78. The molecule has 0 saturated heterocycles. The van der Waals surface area contributed by atoms with E-state index in [0.29, 0.717) is 23.4 Å². The van der Waals surface area contributed by atoms with Crippen LogP contribution in [-0.4, -0.2) is 23.2 Å². The van der Waals surface area contributed by atoms with Crippen molar-refractivity contribution in [3.05, 3.63) is 112 Å². The Morgan fingerprint density at radius 3 is 2.70 bits per heavy atom. The molecule has 3 aromatic carbocycles. The number of aliphatic hydroxyl groups excluding tert-OH is 1. The third kappa shape index (κ3) is 5.67. The molecule has 0 fully saturated rings. The van der Waals surface area contributed by atoms with E-state index in [-0.39, 0.29) is 5.97 Å². The molecule has 0 bridgehead atoms. The first-order valence-corrected chi connectivity index (χ1v) is 11.1. The van der Waals surface area contributed by atoms with Crippen molar-refractivity contribution in [3.63, 3.8) is 0 Å². The maximum atomic E-state index is 12.0. The number of hydrogen-bond acceptors (Lipinski definition) is 4. The number of carbonyl (C=O) groups is 1. The highest BCUT2D eigenvalue weighted by atomic mass is 35.5. The van der Waals surface area contributed by atoms with Crippen LogP contribution in [0.15, 0.2) is 78.9 Å². The molecule has 0 aliphatic heterocycles. The van der Waals surface area contributed by atoms with Gasteiger partial charge in [0.1, 0.15) is 0 Å². The van der Waals surface area contributed by atoms with Crippen LogP contribution in [0, 0.1) is 0 Å². The topological polar surface area (TPSA) is 59.4 Å². The fourth-order valence-corrected chi connectivity index (χ4v) is 3.92. The van der Waals surface area contributed by atoms with Gasteiger partial charge in [-0.25, -0.2) is 9.78 Å². The number of esters is 1. The van der Waals surface area contributed by atoms with Crippen molar-refractivity contribution in [2.75, 3.05) is 7.11 Å². The summed E-state index contributed by atoms with van der Waals surface area (Å²) in [6, 6.07) is 24.7. The monoisotopic (exact) mass is 457 g/mol. The van der Waals surface area contributed by atoms with Gasteiger partial charge < -0.3 is 9.84 Å². The Balaban J connectivity index is 1.46. The third-order valence-corrected chi connectivity index (χ3v) is 5.76.